The quantitative estimate of drug-likeness (QED) is 0.805. The summed E-state index contributed by atoms with van der Waals surface area (Å²) in [5.74, 6) is 0.955. The SMILES string of the molecule is CCc1ccc(OC)c(CC(N)CC)c1. The van der Waals surface area contributed by atoms with Crippen LogP contribution in [0.5, 0.6) is 5.75 Å². The Morgan fingerprint density at radius 2 is 2.07 bits per heavy atom. The maximum absolute atomic E-state index is 5.96. The number of methoxy groups -OCH3 is 1. The second-order valence-corrected chi connectivity index (χ2v) is 3.87. The molecule has 0 saturated heterocycles. The normalized spacial score (nSPS) is 12.5. The average molecular weight is 207 g/mol. The van der Waals surface area contributed by atoms with Crippen LogP contribution in [0.4, 0.5) is 0 Å². The summed E-state index contributed by atoms with van der Waals surface area (Å²) < 4.78 is 5.33. The van der Waals surface area contributed by atoms with Gasteiger partial charge in [0.1, 0.15) is 5.75 Å². The van der Waals surface area contributed by atoms with Crippen molar-refractivity contribution >= 4 is 0 Å². The molecule has 2 heteroatoms. The molecule has 0 aliphatic rings. The van der Waals surface area contributed by atoms with Crippen molar-refractivity contribution in [3.63, 3.8) is 0 Å². The smallest absolute Gasteiger partial charge is 0.122 e. The lowest BCUT2D eigenvalue weighted by atomic mass is 10.0. The van der Waals surface area contributed by atoms with Gasteiger partial charge in [-0.2, -0.15) is 0 Å². The van der Waals surface area contributed by atoms with Gasteiger partial charge in [0.2, 0.25) is 0 Å². The van der Waals surface area contributed by atoms with Crippen molar-refractivity contribution in [2.24, 2.45) is 5.73 Å². The molecule has 0 fully saturated rings. The fraction of sp³-hybridized carbons (Fsp3) is 0.538. The summed E-state index contributed by atoms with van der Waals surface area (Å²) in [5, 5.41) is 0. The van der Waals surface area contributed by atoms with Gasteiger partial charge < -0.3 is 10.5 Å². The second-order valence-electron chi connectivity index (χ2n) is 3.87. The van der Waals surface area contributed by atoms with E-state index in [4.69, 9.17) is 10.5 Å². The van der Waals surface area contributed by atoms with Gasteiger partial charge >= 0.3 is 0 Å². The van der Waals surface area contributed by atoms with E-state index in [1.807, 2.05) is 6.07 Å². The van der Waals surface area contributed by atoms with E-state index in [2.05, 4.69) is 26.0 Å². The number of nitrogens with two attached hydrogens (primary N) is 1. The van der Waals surface area contributed by atoms with Gasteiger partial charge in [-0.15, -0.1) is 0 Å². The van der Waals surface area contributed by atoms with Crippen molar-refractivity contribution in [3.8, 4) is 5.75 Å². The minimum absolute atomic E-state index is 0.228. The van der Waals surface area contributed by atoms with Crippen molar-refractivity contribution in [2.45, 2.75) is 39.2 Å². The van der Waals surface area contributed by atoms with Gasteiger partial charge in [-0.1, -0.05) is 26.0 Å². The van der Waals surface area contributed by atoms with Crippen LogP contribution in [0, 0.1) is 0 Å². The third-order valence-electron chi connectivity index (χ3n) is 2.76. The van der Waals surface area contributed by atoms with Crippen molar-refractivity contribution < 1.29 is 4.74 Å². The van der Waals surface area contributed by atoms with Gasteiger partial charge in [-0.05, 0) is 36.5 Å². The molecular weight excluding hydrogens is 186 g/mol. The maximum Gasteiger partial charge on any atom is 0.122 e. The monoisotopic (exact) mass is 207 g/mol. The number of benzene rings is 1. The molecule has 0 aliphatic carbocycles. The van der Waals surface area contributed by atoms with Crippen LogP contribution in [0.2, 0.25) is 0 Å². The summed E-state index contributed by atoms with van der Waals surface area (Å²) in [5.41, 5.74) is 8.53. The van der Waals surface area contributed by atoms with Crippen LogP contribution in [-0.2, 0) is 12.8 Å². The molecule has 0 amide bonds. The molecule has 0 saturated carbocycles. The molecule has 0 radical (unpaired) electrons. The summed E-state index contributed by atoms with van der Waals surface area (Å²) in [7, 11) is 1.71. The van der Waals surface area contributed by atoms with Crippen LogP contribution in [0.3, 0.4) is 0 Å². The fourth-order valence-electron chi connectivity index (χ4n) is 1.64. The molecular formula is C13H21NO. The molecule has 0 aliphatic heterocycles. The molecule has 0 spiro atoms. The minimum atomic E-state index is 0.228. The molecule has 2 nitrogen and oxygen atoms in total. The summed E-state index contributed by atoms with van der Waals surface area (Å²) in [6.45, 7) is 4.27. The number of aryl methyl sites for hydroxylation is 1. The number of hydrogen-bond acceptors (Lipinski definition) is 2. The van der Waals surface area contributed by atoms with E-state index < -0.39 is 0 Å². The Bertz CT molecular complexity index is 309. The number of hydrogen-bond donors (Lipinski definition) is 1. The van der Waals surface area contributed by atoms with Crippen LogP contribution in [0.1, 0.15) is 31.4 Å². The first-order chi connectivity index (χ1) is 7.21. The van der Waals surface area contributed by atoms with Gasteiger partial charge in [-0.3, -0.25) is 0 Å². The predicted octanol–water partition coefficient (Wildman–Crippen LogP) is 2.54. The molecule has 1 aromatic rings. The van der Waals surface area contributed by atoms with Crippen LogP contribution in [0.25, 0.3) is 0 Å². The predicted molar refractivity (Wildman–Crippen MR) is 64.3 cm³/mol. The summed E-state index contributed by atoms with van der Waals surface area (Å²) in [4.78, 5) is 0. The molecule has 1 atom stereocenters. The topological polar surface area (TPSA) is 35.2 Å². The molecule has 84 valence electrons. The third-order valence-corrected chi connectivity index (χ3v) is 2.76. The van der Waals surface area contributed by atoms with E-state index in [-0.39, 0.29) is 6.04 Å². The first kappa shape index (κ1) is 12.1. The largest absolute Gasteiger partial charge is 0.496 e. The van der Waals surface area contributed by atoms with Crippen LogP contribution in [-0.4, -0.2) is 13.2 Å². The zero-order chi connectivity index (χ0) is 11.3. The Kier molecular flexibility index (Phi) is 4.63. The molecule has 1 unspecified atom stereocenters. The van der Waals surface area contributed by atoms with Gasteiger partial charge in [-0.25, -0.2) is 0 Å². The second kappa shape index (κ2) is 5.76. The third kappa shape index (κ3) is 3.24. The highest BCUT2D eigenvalue weighted by Crippen LogP contribution is 2.21. The minimum Gasteiger partial charge on any atom is -0.496 e. The zero-order valence-corrected chi connectivity index (χ0v) is 9.92. The number of ether oxygens (including phenoxy) is 1. The lowest BCUT2D eigenvalue weighted by molar-refractivity contribution is 0.407. The van der Waals surface area contributed by atoms with E-state index in [0.717, 1.165) is 25.0 Å². The van der Waals surface area contributed by atoms with Gasteiger partial charge in [0.05, 0.1) is 7.11 Å². The first-order valence-corrected chi connectivity index (χ1v) is 5.62. The molecule has 2 N–H and O–H groups in total. The highest BCUT2D eigenvalue weighted by atomic mass is 16.5. The van der Waals surface area contributed by atoms with E-state index >= 15 is 0 Å². The fourth-order valence-corrected chi connectivity index (χ4v) is 1.64. The lowest BCUT2D eigenvalue weighted by Gasteiger charge is -2.13. The summed E-state index contributed by atoms with van der Waals surface area (Å²) in [6, 6.07) is 6.58. The Morgan fingerprint density at radius 1 is 1.33 bits per heavy atom. The van der Waals surface area contributed by atoms with Gasteiger partial charge in [0.25, 0.3) is 0 Å². The first-order valence-electron chi connectivity index (χ1n) is 5.62. The van der Waals surface area contributed by atoms with E-state index in [0.29, 0.717) is 0 Å². The highest BCUT2D eigenvalue weighted by Gasteiger charge is 2.07. The molecule has 0 aromatic heterocycles. The standard InChI is InChI=1S/C13H21NO/c1-4-10-6-7-13(15-3)11(8-10)9-12(14)5-2/h6-8,12H,4-5,9,14H2,1-3H3. The van der Waals surface area contributed by atoms with E-state index in [1.54, 1.807) is 7.11 Å². The van der Waals surface area contributed by atoms with Crippen LogP contribution >= 0.6 is 0 Å². The zero-order valence-electron chi connectivity index (χ0n) is 9.92. The van der Waals surface area contributed by atoms with E-state index in [1.165, 1.54) is 11.1 Å². The lowest BCUT2D eigenvalue weighted by Crippen LogP contribution is -2.21. The van der Waals surface area contributed by atoms with Crippen molar-refractivity contribution in [3.05, 3.63) is 29.3 Å². The van der Waals surface area contributed by atoms with Crippen molar-refractivity contribution in [2.75, 3.05) is 7.11 Å². The molecule has 1 aromatic carbocycles. The Hall–Kier alpha value is -1.02. The molecule has 15 heavy (non-hydrogen) atoms. The van der Waals surface area contributed by atoms with Crippen LogP contribution < -0.4 is 10.5 Å². The average Bonchev–Trinajstić information content (AvgIpc) is 2.28. The molecule has 0 heterocycles. The van der Waals surface area contributed by atoms with Crippen molar-refractivity contribution in [1.82, 2.24) is 0 Å². The molecule has 0 bridgehead atoms. The summed E-state index contributed by atoms with van der Waals surface area (Å²) in [6.07, 6.45) is 2.95. The Balaban J connectivity index is 2.90. The van der Waals surface area contributed by atoms with Gasteiger partial charge in [0, 0.05) is 6.04 Å². The highest BCUT2D eigenvalue weighted by molar-refractivity contribution is 5.37. The Morgan fingerprint density at radius 3 is 2.60 bits per heavy atom. The Labute approximate surface area is 92.4 Å². The van der Waals surface area contributed by atoms with E-state index in [9.17, 15) is 0 Å². The van der Waals surface area contributed by atoms with Gasteiger partial charge in [0.15, 0.2) is 0 Å². The maximum atomic E-state index is 5.96. The summed E-state index contributed by atoms with van der Waals surface area (Å²) >= 11 is 0. The molecule has 1 rings (SSSR count). The number of rotatable bonds is 5. The van der Waals surface area contributed by atoms with Crippen molar-refractivity contribution in [1.29, 1.82) is 0 Å². The van der Waals surface area contributed by atoms with Crippen LogP contribution in [0.15, 0.2) is 18.2 Å².